The first-order valence-corrected chi connectivity index (χ1v) is 14.5. The van der Waals surface area contributed by atoms with Gasteiger partial charge < -0.3 is 9.47 Å². The molecule has 0 aliphatic carbocycles. The maximum atomic E-state index is 11.7. The Balaban J connectivity index is 3.31. The molecule has 0 aliphatic heterocycles. The van der Waals surface area contributed by atoms with Crippen molar-refractivity contribution in [1.29, 1.82) is 0 Å². The maximum absolute atomic E-state index is 11.7. The molecule has 0 heterocycles. The summed E-state index contributed by atoms with van der Waals surface area (Å²) in [7, 11) is 0. The number of hydrogen-bond acceptors (Lipinski definition) is 4. The SMILES string of the molecule is CCCC(C)OC(=O)CCCC/C=C/CCCCCCCCCCCCC(=O)OC(C)CCC. The Morgan fingerprint density at radius 2 is 0.882 bits per heavy atom. The highest BCUT2D eigenvalue weighted by Gasteiger charge is 2.08. The molecule has 0 N–H and O–H groups in total. The number of allylic oxidation sites excluding steroid dienone is 2. The Morgan fingerprint density at radius 3 is 1.29 bits per heavy atom. The van der Waals surface area contributed by atoms with Crippen LogP contribution in [0.3, 0.4) is 0 Å². The van der Waals surface area contributed by atoms with Crippen molar-refractivity contribution in [3.05, 3.63) is 12.2 Å². The molecule has 0 fully saturated rings. The molecule has 0 radical (unpaired) electrons. The molecule has 34 heavy (non-hydrogen) atoms. The van der Waals surface area contributed by atoms with Crippen molar-refractivity contribution in [2.45, 2.75) is 168 Å². The van der Waals surface area contributed by atoms with Crippen molar-refractivity contribution < 1.29 is 19.1 Å². The van der Waals surface area contributed by atoms with Crippen molar-refractivity contribution in [3.63, 3.8) is 0 Å². The number of esters is 2. The molecule has 0 saturated heterocycles. The van der Waals surface area contributed by atoms with Crippen LogP contribution in [0, 0.1) is 0 Å². The number of carbonyl (C=O) groups excluding carboxylic acids is 2. The first kappa shape index (κ1) is 32.7. The molecule has 0 spiro atoms. The van der Waals surface area contributed by atoms with Gasteiger partial charge in [-0.15, -0.1) is 0 Å². The summed E-state index contributed by atoms with van der Waals surface area (Å²) < 4.78 is 10.8. The van der Waals surface area contributed by atoms with Gasteiger partial charge in [-0.25, -0.2) is 0 Å². The summed E-state index contributed by atoms with van der Waals surface area (Å²) in [6.45, 7) is 8.19. The highest BCUT2D eigenvalue weighted by Crippen LogP contribution is 2.13. The summed E-state index contributed by atoms with van der Waals surface area (Å²) in [5.41, 5.74) is 0. The highest BCUT2D eigenvalue weighted by atomic mass is 16.5. The predicted molar refractivity (Wildman–Crippen MR) is 144 cm³/mol. The van der Waals surface area contributed by atoms with Crippen LogP contribution in [0.4, 0.5) is 0 Å². The fraction of sp³-hybridized carbons (Fsp3) is 0.867. The van der Waals surface area contributed by atoms with Gasteiger partial charge in [0, 0.05) is 12.8 Å². The topological polar surface area (TPSA) is 52.6 Å². The van der Waals surface area contributed by atoms with Crippen molar-refractivity contribution in [1.82, 2.24) is 0 Å². The molecular weight excluding hydrogens is 424 g/mol. The van der Waals surface area contributed by atoms with Gasteiger partial charge >= 0.3 is 11.9 Å². The normalized spacial score (nSPS) is 13.2. The van der Waals surface area contributed by atoms with E-state index in [1.54, 1.807) is 0 Å². The van der Waals surface area contributed by atoms with E-state index in [-0.39, 0.29) is 24.1 Å². The average molecular weight is 481 g/mol. The summed E-state index contributed by atoms with van der Waals surface area (Å²) in [5, 5.41) is 0. The second kappa shape index (κ2) is 24.8. The number of ether oxygens (including phenoxy) is 2. The quantitative estimate of drug-likeness (QED) is 0.0784. The van der Waals surface area contributed by atoms with Crippen LogP contribution in [0.5, 0.6) is 0 Å². The van der Waals surface area contributed by atoms with Crippen LogP contribution in [0.25, 0.3) is 0 Å². The molecule has 0 bridgehead atoms. The third kappa shape index (κ3) is 23.8. The lowest BCUT2D eigenvalue weighted by atomic mass is 10.0. The monoisotopic (exact) mass is 480 g/mol. The van der Waals surface area contributed by atoms with E-state index in [4.69, 9.17) is 9.47 Å². The lowest BCUT2D eigenvalue weighted by Gasteiger charge is -2.11. The van der Waals surface area contributed by atoms with Crippen LogP contribution in [-0.2, 0) is 19.1 Å². The Kier molecular flexibility index (Phi) is 23.8. The van der Waals surface area contributed by atoms with Gasteiger partial charge in [-0.05, 0) is 65.2 Å². The van der Waals surface area contributed by atoms with Gasteiger partial charge in [0.1, 0.15) is 0 Å². The molecule has 4 nitrogen and oxygen atoms in total. The molecule has 0 aromatic carbocycles. The molecule has 0 amide bonds. The minimum Gasteiger partial charge on any atom is -0.463 e. The fourth-order valence-corrected chi connectivity index (χ4v) is 4.21. The van der Waals surface area contributed by atoms with E-state index in [1.807, 2.05) is 13.8 Å². The molecule has 4 heteroatoms. The molecule has 0 rings (SSSR count). The zero-order chi connectivity index (χ0) is 25.3. The van der Waals surface area contributed by atoms with E-state index in [0.717, 1.165) is 57.8 Å². The number of unbranched alkanes of at least 4 members (excludes halogenated alkanes) is 12. The van der Waals surface area contributed by atoms with Crippen LogP contribution in [0.15, 0.2) is 12.2 Å². The van der Waals surface area contributed by atoms with Crippen molar-refractivity contribution in [2.24, 2.45) is 0 Å². The zero-order valence-electron chi connectivity index (χ0n) is 23.1. The average Bonchev–Trinajstić information content (AvgIpc) is 2.78. The molecule has 0 aromatic rings. The summed E-state index contributed by atoms with van der Waals surface area (Å²) in [4.78, 5) is 23.4. The molecule has 0 saturated carbocycles. The van der Waals surface area contributed by atoms with Crippen molar-refractivity contribution in [3.8, 4) is 0 Å². The van der Waals surface area contributed by atoms with Gasteiger partial charge in [-0.3, -0.25) is 9.59 Å². The second-order valence-corrected chi connectivity index (χ2v) is 9.97. The second-order valence-electron chi connectivity index (χ2n) is 9.97. The predicted octanol–water partition coefficient (Wildman–Crippen LogP) is 9.25. The summed E-state index contributed by atoms with van der Waals surface area (Å²) in [6, 6.07) is 0. The Bertz CT molecular complexity index is 500. The Morgan fingerprint density at radius 1 is 0.559 bits per heavy atom. The lowest BCUT2D eigenvalue weighted by molar-refractivity contribution is -0.149. The van der Waals surface area contributed by atoms with Gasteiger partial charge in [-0.1, -0.05) is 90.2 Å². The summed E-state index contributed by atoms with van der Waals surface area (Å²) in [6.07, 6.45) is 26.7. The van der Waals surface area contributed by atoms with E-state index in [9.17, 15) is 9.59 Å². The molecule has 2 unspecified atom stereocenters. The molecule has 0 aliphatic rings. The smallest absolute Gasteiger partial charge is 0.306 e. The Hall–Kier alpha value is -1.32. The number of carbonyl (C=O) groups is 2. The lowest BCUT2D eigenvalue weighted by Crippen LogP contribution is -2.14. The fourth-order valence-electron chi connectivity index (χ4n) is 4.21. The summed E-state index contributed by atoms with van der Waals surface area (Å²) >= 11 is 0. The van der Waals surface area contributed by atoms with Gasteiger partial charge in [0.05, 0.1) is 12.2 Å². The van der Waals surface area contributed by atoms with Crippen LogP contribution in [0.1, 0.15) is 156 Å². The third-order valence-electron chi connectivity index (χ3n) is 6.23. The standard InChI is InChI=1S/C30H56O4/c1-5-23-27(3)33-29(31)25-21-19-17-15-13-11-9-7-8-10-12-14-16-18-20-22-26-30(32)34-28(4)24-6-2/h13,15,27-28H,5-12,14,16-26H2,1-4H3/b15-13+. The van der Waals surface area contributed by atoms with Gasteiger partial charge in [0.25, 0.3) is 0 Å². The largest absolute Gasteiger partial charge is 0.463 e. The minimum absolute atomic E-state index is 0.0229. The van der Waals surface area contributed by atoms with E-state index < -0.39 is 0 Å². The number of hydrogen-bond donors (Lipinski definition) is 0. The Labute approximate surface area is 211 Å². The van der Waals surface area contributed by atoms with Crippen LogP contribution >= 0.6 is 0 Å². The van der Waals surface area contributed by atoms with Crippen molar-refractivity contribution >= 4 is 11.9 Å². The molecule has 2 atom stereocenters. The van der Waals surface area contributed by atoms with Crippen LogP contribution in [0.2, 0.25) is 0 Å². The molecule has 200 valence electrons. The minimum atomic E-state index is -0.0422. The zero-order valence-corrected chi connectivity index (χ0v) is 23.1. The first-order chi connectivity index (χ1) is 16.5. The molecular formula is C30H56O4. The van der Waals surface area contributed by atoms with Gasteiger partial charge in [0.15, 0.2) is 0 Å². The number of rotatable bonds is 24. The van der Waals surface area contributed by atoms with E-state index >= 15 is 0 Å². The van der Waals surface area contributed by atoms with E-state index in [1.165, 1.54) is 57.8 Å². The maximum Gasteiger partial charge on any atom is 0.306 e. The highest BCUT2D eigenvalue weighted by molar-refractivity contribution is 5.69. The third-order valence-corrected chi connectivity index (χ3v) is 6.23. The van der Waals surface area contributed by atoms with Crippen molar-refractivity contribution in [2.75, 3.05) is 0 Å². The van der Waals surface area contributed by atoms with E-state index in [0.29, 0.717) is 12.8 Å². The molecule has 0 aromatic heterocycles. The van der Waals surface area contributed by atoms with Gasteiger partial charge in [-0.2, -0.15) is 0 Å². The first-order valence-electron chi connectivity index (χ1n) is 14.5. The summed E-state index contributed by atoms with van der Waals surface area (Å²) in [5.74, 6) is -0.0652. The van der Waals surface area contributed by atoms with Gasteiger partial charge in [0.2, 0.25) is 0 Å². The van der Waals surface area contributed by atoms with E-state index in [2.05, 4.69) is 26.0 Å². The van der Waals surface area contributed by atoms with Crippen LogP contribution in [-0.4, -0.2) is 24.1 Å². The van der Waals surface area contributed by atoms with Crippen LogP contribution < -0.4 is 0 Å².